The Labute approximate surface area is 201 Å². The SMILES string of the molecule is Oc1ccccc1CN1CCN(Cc2ccccc2O)C1c1cc(Br)c2ccccc2c1O. The van der Waals surface area contributed by atoms with E-state index >= 15 is 0 Å². The van der Waals surface area contributed by atoms with Gasteiger partial charge in [-0.25, -0.2) is 0 Å². The van der Waals surface area contributed by atoms with Crippen molar-refractivity contribution in [1.29, 1.82) is 0 Å². The molecular formula is C27H25BrN2O3. The number of hydrogen-bond acceptors (Lipinski definition) is 5. The number of para-hydroxylation sites is 2. The predicted molar refractivity (Wildman–Crippen MR) is 133 cm³/mol. The average Bonchev–Trinajstić information content (AvgIpc) is 3.21. The number of rotatable bonds is 5. The molecule has 1 saturated heterocycles. The summed E-state index contributed by atoms with van der Waals surface area (Å²) in [6, 6.07) is 24.5. The molecule has 1 aliphatic heterocycles. The Balaban J connectivity index is 1.59. The highest BCUT2D eigenvalue weighted by Crippen LogP contribution is 2.43. The van der Waals surface area contributed by atoms with Crippen molar-refractivity contribution in [3.05, 3.63) is 100 Å². The van der Waals surface area contributed by atoms with Crippen LogP contribution in [0.3, 0.4) is 0 Å². The van der Waals surface area contributed by atoms with Crippen LogP contribution in [0.1, 0.15) is 22.9 Å². The summed E-state index contributed by atoms with van der Waals surface area (Å²) in [7, 11) is 0. The molecule has 5 nitrogen and oxygen atoms in total. The zero-order chi connectivity index (χ0) is 22.9. The molecule has 0 aromatic heterocycles. The van der Waals surface area contributed by atoms with Gasteiger partial charge in [0.25, 0.3) is 0 Å². The zero-order valence-electron chi connectivity index (χ0n) is 18.0. The monoisotopic (exact) mass is 504 g/mol. The third-order valence-corrected chi connectivity index (χ3v) is 7.03. The Kier molecular flexibility index (Phi) is 5.98. The van der Waals surface area contributed by atoms with Gasteiger partial charge in [0.1, 0.15) is 17.2 Å². The Morgan fingerprint density at radius 2 is 1.18 bits per heavy atom. The van der Waals surface area contributed by atoms with Crippen LogP contribution in [0.2, 0.25) is 0 Å². The molecule has 1 heterocycles. The molecule has 0 bridgehead atoms. The number of fused-ring (bicyclic) bond motifs is 1. The first-order valence-electron chi connectivity index (χ1n) is 10.9. The van der Waals surface area contributed by atoms with Crippen molar-refractivity contribution in [2.45, 2.75) is 19.3 Å². The van der Waals surface area contributed by atoms with Crippen LogP contribution >= 0.6 is 15.9 Å². The third-order valence-electron chi connectivity index (χ3n) is 6.37. The summed E-state index contributed by atoms with van der Waals surface area (Å²) in [5, 5.41) is 33.8. The van der Waals surface area contributed by atoms with Crippen LogP contribution < -0.4 is 0 Å². The summed E-state index contributed by atoms with van der Waals surface area (Å²) < 4.78 is 0.919. The zero-order valence-corrected chi connectivity index (χ0v) is 19.6. The van der Waals surface area contributed by atoms with Crippen LogP contribution in [0.4, 0.5) is 0 Å². The summed E-state index contributed by atoms with van der Waals surface area (Å²) in [6.07, 6.45) is -0.231. The van der Waals surface area contributed by atoms with Crippen molar-refractivity contribution >= 4 is 26.7 Å². The second-order valence-corrected chi connectivity index (χ2v) is 9.27. The second kappa shape index (κ2) is 9.06. The lowest BCUT2D eigenvalue weighted by molar-refractivity contribution is 0.121. The minimum absolute atomic E-state index is 0.231. The first kappa shape index (κ1) is 21.8. The first-order valence-corrected chi connectivity index (χ1v) is 11.7. The second-order valence-electron chi connectivity index (χ2n) is 8.41. The maximum atomic E-state index is 11.3. The summed E-state index contributed by atoms with van der Waals surface area (Å²) >= 11 is 3.70. The number of phenolic OH excluding ortho intramolecular Hbond substituents is 3. The van der Waals surface area contributed by atoms with Crippen molar-refractivity contribution in [3.8, 4) is 17.2 Å². The molecule has 6 heteroatoms. The lowest BCUT2D eigenvalue weighted by Gasteiger charge is -2.32. The fourth-order valence-corrected chi connectivity index (χ4v) is 5.31. The molecule has 0 spiro atoms. The minimum atomic E-state index is -0.231. The number of hydrogen-bond donors (Lipinski definition) is 3. The van der Waals surface area contributed by atoms with Gasteiger partial charge in [-0.1, -0.05) is 76.6 Å². The van der Waals surface area contributed by atoms with Gasteiger partial charge in [0, 0.05) is 52.7 Å². The molecule has 1 fully saturated rings. The molecule has 0 saturated carbocycles. The topological polar surface area (TPSA) is 67.2 Å². The number of aromatic hydroxyl groups is 3. The molecular weight excluding hydrogens is 480 g/mol. The Bertz CT molecular complexity index is 1250. The molecule has 0 unspecified atom stereocenters. The van der Waals surface area contributed by atoms with Crippen LogP contribution in [-0.4, -0.2) is 38.2 Å². The number of phenols is 3. The van der Waals surface area contributed by atoms with Gasteiger partial charge in [-0.15, -0.1) is 0 Å². The van der Waals surface area contributed by atoms with E-state index in [0.717, 1.165) is 45.0 Å². The van der Waals surface area contributed by atoms with Crippen molar-refractivity contribution in [1.82, 2.24) is 9.80 Å². The molecule has 168 valence electrons. The molecule has 0 radical (unpaired) electrons. The number of nitrogens with zero attached hydrogens (tertiary/aromatic N) is 2. The first-order chi connectivity index (χ1) is 16.0. The molecule has 3 N–H and O–H groups in total. The van der Waals surface area contributed by atoms with Crippen LogP contribution in [0, 0.1) is 0 Å². The lowest BCUT2D eigenvalue weighted by atomic mass is 10.0. The molecule has 1 aliphatic rings. The fourth-order valence-electron chi connectivity index (χ4n) is 4.72. The van der Waals surface area contributed by atoms with E-state index in [-0.39, 0.29) is 23.4 Å². The number of halogens is 1. The van der Waals surface area contributed by atoms with Gasteiger partial charge in [0.15, 0.2) is 0 Å². The summed E-state index contributed by atoms with van der Waals surface area (Å²) in [4.78, 5) is 4.51. The third kappa shape index (κ3) is 4.17. The summed E-state index contributed by atoms with van der Waals surface area (Å²) in [5.74, 6) is 0.781. The van der Waals surface area contributed by atoms with Crippen LogP contribution in [0.15, 0.2) is 83.3 Å². The van der Waals surface area contributed by atoms with Gasteiger partial charge < -0.3 is 15.3 Å². The van der Waals surface area contributed by atoms with E-state index in [1.807, 2.05) is 66.7 Å². The van der Waals surface area contributed by atoms with E-state index in [4.69, 9.17) is 0 Å². The van der Waals surface area contributed by atoms with Crippen molar-refractivity contribution < 1.29 is 15.3 Å². The number of benzene rings is 4. The van der Waals surface area contributed by atoms with Crippen LogP contribution in [0.5, 0.6) is 17.2 Å². The fraction of sp³-hybridized carbons (Fsp3) is 0.185. The molecule has 4 aromatic rings. The van der Waals surface area contributed by atoms with E-state index < -0.39 is 0 Å². The summed E-state index contributed by atoms with van der Waals surface area (Å²) in [5.41, 5.74) is 2.47. The smallest absolute Gasteiger partial charge is 0.129 e. The average molecular weight is 505 g/mol. The maximum absolute atomic E-state index is 11.3. The molecule has 5 rings (SSSR count). The van der Waals surface area contributed by atoms with E-state index in [9.17, 15) is 15.3 Å². The van der Waals surface area contributed by atoms with E-state index in [0.29, 0.717) is 13.1 Å². The van der Waals surface area contributed by atoms with Gasteiger partial charge in [-0.05, 0) is 23.6 Å². The highest BCUT2D eigenvalue weighted by molar-refractivity contribution is 9.10. The molecule has 0 atom stereocenters. The normalized spacial score (nSPS) is 15.4. The minimum Gasteiger partial charge on any atom is -0.508 e. The van der Waals surface area contributed by atoms with Crippen LogP contribution in [0.25, 0.3) is 10.8 Å². The molecule has 0 amide bonds. The largest absolute Gasteiger partial charge is 0.508 e. The van der Waals surface area contributed by atoms with E-state index in [1.165, 1.54) is 0 Å². The quantitative estimate of drug-likeness (QED) is 0.323. The van der Waals surface area contributed by atoms with E-state index in [2.05, 4.69) is 25.7 Å². The van der Waals surface area contributed by atoms with Gasteiger partial charge in [-0.2, -0.15) is 0 Å². The highest BCUT2D eigenvalue weighted by Gasteiger charge is 2.36. The maximum Gasteiger partial charge on any atom is 0.129 e. The van der Waals surface area contributed by atoms with Crippen molar-refractivity contribution in [2.75, 3.05) is 13.1 Å². The standard InChI is InChI=1S/C27H25BrN2O3/c28-23-15-22(26(33)21-10-4-3-9-20(21)23)27-29(16-18-7-1-5-11-24(18)31)13-14-30(27)17-19-8-2-6-12-25(19)32/h1-12,15,27,31-33H,13-14,16-17H2. The Hall–Kier alpha value is -3.06. The molecule has 33 heavy (non-hydrogen) atoms. The van der Waals surface area contributed by atoms with Gasteiger partial charge in [0.05, 0.1) is 6.17 Å². The van der Waals surface area contributed by atoms with Gasteiger partial charge >= 0.3 is 0 Å². The van der Waals surface area contributed by atoms with Gasteiger partial charge in [0.2, 0.25) is 0 Å². The van der Waals surface area contributed by atoms with Gasteiger partial charge in [-0.3, -0.25) is 9.80 Å². The Morgan fingerprint density at radius 3 is 1.73 bits per heavy atom. The lowest BCUT2D eigenvalue weighted by Crippen LogP contribution is -2.30. The molecule has 4 aromatic carbocycles. The Morgan fingerprint density at radius 1 is 0.697 bits per heavy atom. The van der Waals surface area contributed by atoms with E-state index in [1.54, 1.807) is 12.1 Å². The van der Waals surface area contributed by atoms with Crippen molar-refractivity contribution in [2.24, 2.45) is 0 Å². The highest BCUT2D eigenvalue weighted by atomic mass is 79.9. The molecule has 0 aliphatic carbocycles. The summed E-state index contributed by atoms with van der Waals surface area (Å²) in [6.45, 7) is 2.60. The van der Waals surface area contributed by atoms with Crippen molar-refractivity contribution in [3.63, 3.8) is 0 Å². The van der Waals surface area contributed by atoms with Crippen LogP contribution in [-0.2, 0) is 13.1 Å². The predicted octanol–water partition coefficient (Wildman–Crippen LogP) is 5.74.